The molecule has 0 radical (unpaired) electrons. The van der Waals surface area contributed by atoms with Crippen LogP contribution in [0.3, 0.4) is 0 Å². The number of hydrogen-bond acceptors (Lipinski definition) is 2. The maximum absolute atomic E-state index is 3.57. The molecule has 2 rings (SSSR count). The van der Waals surface area contributed by atoms with Crippen LogP contribution in [0.2, 0.25) is 0 Å². The monoisotopic (exact) mass is 252 g/mol. The Morgan fingerprint density at radius 2 is 1.89 bits per heavy atom. The molecule has 2 fully saturated rings. The van der Waals surface area contributed by atoms with Gasteiger partial charge in [-0.05, 0) is 76.4 Å². The maximum Gasteiger partial charge on any atom is 0.00955 e. The van der Waals surface area contributed by atoms with Crippen LogP contribution in [0.4, 0.5) is 0 Å². The predicted molar refractivity (Wildman–Crippen MR) is 78.9 cm³/mol. The summed E-state index contributed by atoms with van der Waals surface area (Å²) in [4.78, 5) is 2.82. The zero-order chi connectivity index (χ0) is 12.8. The standard InChI is InChI=1S/C16H32N2/c1-3-11-18(13-15-5-4-10-17-12-15)16-8-6-14(2)7-9-16/h14-17H,3-13H2,1-2H3. The molecule has 0 aromatic rings. The van der Waals surface area contributed by atoms with Crippen LogP contribution in [0.1, 0.15) is 58.8 Å². The van der Waals surface area contributed by atoms with Crippen LogP contribution in [-0.2, 0) is 0 Å². The third-order valence-electron chi connectivity index (χ3n) is 4.90. The first-order chi connectivity index (χ1) is 8.79. The van der Waals surface area contributed by atoms with Crippen molar-refractivity contribution in [3.63, 3.8) is 0 Å². The van der Waals surface area contributed by atoms with E-state index in [-0.39, 0.29) is 0 Å². The molecule has 18 heavy (non-hydrogen) atoms. The number of hydrogen-bond donors (Lipinski definition) is 1. The highest BCUT2D eigenvalue weighted by molar-refractivity contribution is 4.81. The third kappa shape index (κ3) is 4.24. The minimum atomic E-state index is 0.892. The lowest BCUT2D eigenvalue weighted by molar-refractivity contribution is 0.113. The van der Waals surface area contributed by atoms with E-state index in [0.717, 1.165) is 17.9 Å². The quantitative estimate of drug-likeness (QED) is 0.808. The molecule has 0 aromatic carbocycles. The van der Waals surface area contributed by atoms with E-state index in [1.54, 1.807) is 0 Å². The molecule has 1 saturated heterocycles. The van der Waals surface area contributed by atoms with Crippen molar-refractivity contribution >= 4 is 0 Å². The van der Waals surface area contributed by atoms with Gasteiger partial charge in [0.1, 0.15) is 0 Å². The van der Waals surface area contributed by atoms with E-state index >= 15 is 0 Å². The molecule has 1 aliphatic carbocycles. The number of rotatable bonds is 5. The Kier molecular flexibility index (Phi) is 5.97. The summed E-state index contributed by atoms with van der Waals surface area (Å²) in [6.07, 6.45) is 9.93. The molecule has 0 spiro atoms. The zero-order valence-corrected chi connectivity index (χ0v) is 12.5. The summed E-state index contributed by atoms with van der Waals surface area (Å²) < 4.78 is 0. The van der Waals surface area contributed by atoms with Gasteiger partial charge in [-0.1, -0.05) is 13.8 Å². The van der Waals surface area contributed by atoms with Crippen LogP contribution in [-0.4, -0.2) is 37.1 Å². The molecule has 1 atom stereocenters. The molecule has 1 N–H and O–H groups in total. The molecule has 2 heteroatoms. The summed E-state index contributed by atoms with van der Waals surface area (Å²) in [6.45, 7) is 9.91. The summed E-state index contributed by atoms with van der Waals surface area (Å²) in [5, 5.41) is 3.57. The van der Waals surface area contributed by atoms with Crippen molar-refractivity contribution in [1.29, 1.82) is 0 Å². The zero-order valence-electron chi connectivity index (χ0n) is 12.5. The molecule has 0 aromatic heterocycles. The van der Waals surface area contributed by atoms with Crippen LogP contribution in [0, 0.1) is 11.8 Å². The highest BCUT2D eigenvalue weighted by Gasteiger charge is 2.25. The molecule has 0 amide bonds. The molecule has 1 saturated carbocycles. The van der Waals surface area contributed by atoms with Gasteiger partial charge in [0.25, 0.3) is 0 Å². The Balaban J connectivity index is 1.82. The van der Waals surface area contributed by atoms with Crippen molar-refractivity contribution in [3.8, 4) is 0 Å². The van der Waals surface area contributed by atoms with Crippen LogP contribution < -0.4 is 5.32 Å². The average Bonchev–Trinajstić information content (AvgIpc) is 2.40. The number of piperidine rings is 1. The van der Waals surface area contributed by atoms with Gasteiger partial charge in [0.05, 0.1) is 0 Å². The molecule has 2 aliphatic rings. The molecule has 2 nitrogen and oxygen atoms in total. The summed E-state index contributed by atoms with van der Waals surface area (Å²) in [6, 6.07) is 0.892. The first kappa shape index (κ1) is 14.3. The largest absolute Gasteiger partial charge is 0.316 e. The maximum atomic E-state index is 3.57. The smallest absolute Gasteiger partial charge is 0.00955 e. The van der Waals surface area contributed by atoms with Gasteiger partial charge in [0, 0.05) is 12.6 Å². The van der Waals surface area contributed by atoms with Gasteiger partial charge in [-0.2, -0.15) is 0 Å². The Hall–Kier alpha value is -0.0800. The van der Waals surface area contributed by atoms with Crippen molar-refractivity contribution < 1.29 is 0 Å². The Morgan fingerprint density at radius 1 is 1.11 bits per heavy atom. The second kappa shape index (κ2) is 7.49. The fourth-order valence-corrected chi connectivity index (χ4v) is 3.73. The van der Waals surface area contributed by atoms with E-state index in [0.29, 0.717) is 0 Å². The van der Waals surface area contributed by atoms with E-state index in [1.807, 2.05) is 0 Å². The Labute approximate surface area is 114 Å². The van der Waals surface area contributed by atoms with Gasteiger partial charge in [-0.25, -0.2) is 0 Å². The van der Waals surface area contributed by atoms with Crippen LogP contribution >= 0.6 is 0 Å². The SMILES string of the molecule is CCCN(CC1CCCNC1)C1CCC(C)CC1. The molecule has 1 unspecified atom stereocenters. The normalized spacial score (nSPS) is 33.8. The van der Waals surface area contributed by atoms with Crippen LogP contribution in [0.25, 0.3) is 0 Å². The second-order valence-electron chi connectivity index (χ2n) is 6.62. The molecule has 1 heterocycles. The molecule has 1 aliphatic heterocycles. The minimum Gasteiger partial charge on any atom is -0.316 e. The fraction of sp³-hybridized carbons (Fsp3) is 1.00. The summed E-state index contributed by atoms with van der Waals surface area (Å²) in [5.41, 5.74) is 0. The van der Waals surface area contributed by atoms with Crippen LogP contribution in [0.5, 0.6) is 0 Å². The van der Waals surface area contributed by atoms with Gasteiger partial charge in [-0.3, -0.25) is 0 Å². The second-order valence-corrected chi connectivity index (χ2v) is 6.62. The van der Waals surface area contributed by atoms with Crippen molar-refractivity contribution in [3.05, 3.63) is 0 Å². The Bertz CT molecular complexity index is 215. The van der Waals surface area contributed by atoms with Gasteiger partial charge in [0.15, 0.2) is 0 Å². The highest BCUT2D eigenvalue weighted by Crippen LogP contribution is 2.28. The average molecular weight is 252 g/mol. The third-order valence-corrected chi connectivity index (χ3v) is 4.90. The van der Waals surface area contributed by atoms with E-state index in [4.69, 9.17) is 0 Å². The lowest BCUT2D eigenvalue weighted by atomic mass is 9.86. The van der Waals surface area contributed by atoms with E-state index in [1.165, 1.54) is 71.1 Å². The lowest BCUT2D eigenvalue weighted by Gasteiger charge is -2.39. The summed E-state index contributed by atoms with van der Waals surface area (Å²) >= 11 is 0. The minimum absolute atomic E-state index is 0.892. The van der Waals surface area contributed by atoms with Gasteiger partial charge >= 0.3 is 0 Å². The van der Waals surface area contributed by atoms with Gasteiger partial charge in [-0.15, -0.1) is 0 Å². The van der Waals surface area contributed by atoms with Gasteiger partial charge < -0.3 is 10.2 Å². The topological polar surface area (TPSA) is 15.3 Å². The molecular weight excluding hydrogens is 220 g/mol. The van der Waals surface area contributed by atoms with Crippen molar-refractivity contribution in [2.45, 2.75) is 64.8 Å². The lowest BCUT2D eigenvalue weighted by Crippen LogP contribution is -2.44. The van der Waals surface area contributed by atoms with Crippen molar-refractivity contribution in [2.75, 3.05) is 26.2 Å². The summed E-state index contributed by atoms with van der Waals surface area (Å²) in [7, 11) is 0. The van der Waals surface area contributed by atoms with E-state index < -0.39 is 0 Å². The first-order valence-corrected chi connectivity index (χ1v) is 8.24. The first-order valence-electron chi connectivity index (χ1n) is 8.24. The van der Waals surface area contributed by atoms with Crippen molar-refractivity contribution in [2.24, 2.45) is 11.8 Å². The summed E-state index contributed by atoms with van der Waals surface area (Å²) in [5.74, 6) is 1.88. The number of nitrogens with one attached hydrogen (secondary N) is 1. The van der Waals surface area contributed by atoms with Gasteiger partial charge in [0.2, 0.25) is 0 Å². The number of nitrogens with zero attached hydrogens (tertiary/aromatic N) is 1. The fourth-order valence-electron chi connectivity index (χ4n) is 3.73. The van der Waals surface area contributed by atoms with Crippen molar-refractivity contribution in [1.82, 2.24) is 10.2 Å². The van der Waals surface area contributed by atoms with E-state index in [2.05, 4.69) is 24.1 Å². The van der Waals surface area contributed by atoms with E-state index in [9.17, 15) is 0 Å². The molecule has 106 valence electrons. The molecule has 0 bridgehead atoms. The van der Waals surface area contributed by atoms with Crippen LogP contribution in [0.15, 0.2) is 0 Å². The predicted octanol–water partition coefficient (Wildman–Crippen LogP) is 3.28. The highest BCUT2D eigenvalue weighted by atomic mass is 15.2. The Morgan fingerprint density at radius 3 is 2.50 bits per heavy atom. The molecular formula is C16H32N2.